The van der Waals surface area contributed by atoms with E-state index in [-0.39, 0.29) is 7.43 Å². The highest BCUT2D eigenvalue weighted by atomic mass is 14.0. The quantitative estimate of drug-likeness (QED) is 0.534. The topological polar surface area (TPSA) is 0 Å². The second-order valence-corrected chi connectivity index (χ2v) is 4.64. The Labute approximate surface area is 102 Å². The largest absolute Gasteiger partial charge is 0.0776 e. The van der Waals surface area contributed by atoms with Crippen molar-refractivity contribution in [3.8, 4) is 0 Å². The molecular weight excluding hydrogens is 192 g/mol. The van der Waals surface area contributed by atoms with E-state index in [1.807, 2.05) is 0 Å². The molecule has 0 heterocycles. The van der Waals surface area contributed by atoms with Crippen molar-refractivity contribution in [1.82, 2.24) is 0 Å². The zero-order valence-corrected chi connectivity index (χ0v) is 10.5. The molecule has 1 saturated carbocycles. The predicted octanol–water partition coefficient (Wildman–Crippen LogP) is 5.59. The van der Waals surface area contributed by atoms with Gasteiger partial charge < -0.3 is 0 Å². The Balaban J connectivity index is 0.000000283. The van der Waals surface area contributed by atoms with Crippen LogP contribution in [0.4, 0.5) is 0 Å². The summed E-state index contributed by atoms with van der Waals surface area (Å²) in [7, 11) is 0. The molecular formula is C16H28. The van der Waals surface area contributed by atoms with Crippen LogP contribution in [-0.4, -0.2) is 0 Å². The summed E-state index contributed by atoms with van der Waals surface area (Å²) in [5.41, 5.74) is 4.18. The summed E-state index contributed by atoms with van der Waals surface area (Å²) in [5, 5.41) is 0. The van der Waals surface area contributed by atoms with Gasteiger partial charge in [0, 0.05) is 0 Å². The maximum Gasteiger partial charge on any atom is -0.0392 e. The summed E-state index contributed by atoms with van der Waals surface area (Å²) in [4.78, 5) is 0. The van der Waals surface area contributed by atoms with E-state index in [1.54, 1.807) is 0 Å². The van der Waals surface area contributed by atoms with E-state index in [4.69, 9.17) is 0 Å². The fraction of sp³-hybridized carbons (Fsp3) is 0.625. The van der Waals surface area contributed by atoms with Crippen LogP contribution in [0.25, 0.3) is 0 Å². The lowest BCUT2D eigenvalue weighted by molar-refractivity contribution is 0.504. The van der Waals surface area contributed by atoms with E-state index < -0.39 is 0 Å². The second-order valence-electron chi connectivity index (χ2n) is 4.64. The van der Waals surface area contributed by atoms with Gasteiger partial charge in [0.25, 0.3) is 0 Å². The van der Waals surface area contributed by atoms with Crippen molar-refractivity contribution >= 4 is 0 Å². The molecule has 1 fully saturated rings. The van der Waals surface area contributed by atoms with Crippen molar-refractivity contribution in [2.75, 3.05) is 0 Å². The first-order chi connectivity index (χ1) is 7.22. The van der Waals surface area contributed by atoms with E-state index in [2.05, 4.69) is 39.0 Å². The Morgan fingerprint density at radius 1 is 0.688 bits per heavy atom. The lowest BCUT2D eigenvalue weighted by Crippen LogP contribution is -1.85. The van der Waals surface area contributed by atoms with Crippen LogP contribution in [0.1, 0.15) is 62.6 Å². The van der Waals surface area contributed by atoms with Gasteiger partial charge in [-0.05, 0) is 37.5 Å². The van der Waals surface area contributed by atoms with E-state index in [9.17, 15) is 0 Å². The van der Waals surface area contributed by atoms with E-state index in [0.29, 0.717) is 0 Å². The molecule has 1 aromatic carbocycles. The molecule has 0 heteroatoms. The van der Waals surface area contributed by atoms with Gasteiger partial charge in [0.2, 0.25) is 0 Å². The third-order valence-corrected chi connectivity index (χ3v) is 3.38. The van der Waals surface area contributed by atoms with Crippen LogP contribution in [0.5, 0.6) is 0 Å². The van der Waals surface area contributed by atoms with Crippen molar-refractivity contribution in [2.24, 2.45) is 0 Å². The summed E-state index contributed by atoms with van der Waals surface area (Å²) in [6.45, 7) is 6.44. The molecule has 1 aromatic rings. The first kappa shape index (κ1) is 15.2. The Hall–Kier alpha value is -0.780. The molecule has 0 amide bonds. The Kier molecular flexibility index (Phi) is 7.97. The standard InChI is InChI=1S/C9H12.C6H12.CH4/c1-7-5-4-6-8(2)9(7)3;1-2-4-6-5-3-1;/h4-6H,1-3H3;1-6H2;1H4. The highest BCUT2D eigenvalue weighted by molar-refractivity contribution is 5.31. The molecule has 0 unspecified atom stereocenters. The van der Waals surface area contributed by atoms with Gasteiger partial charge in [-0.15, -0.1) is 0 Å². The van der Waals surface area contributed by atoms with Crippen LogP contribution in [0, 0.1) is 20.8 Å². The smallest absolute Gasteiger partial charge is 0.0392 e. The van der Waals surface area contributed by atoms with Crippen molar-refractivity contribution < 1.29 is 0 Å². The van der Waals surface area contributed by atoms with Gasteiger partial charge in [-0.25, -0.2) is 0 Å². The third-order valence-electron chi connectivity index (χ3n) is 3.38. The summed E-state index contributed by atoms with van der Waals surface area (Å²) < 4.78 is 0. The van der Waals surface area contributed by atoms with Gasteiger partial charge >= 0.3 is 0 Å². The lowest BCUT2D eigenvalue weighted by atomic mass is 10.0. The molecule has 0 saturated heterocycles. The highest BCUT2D eigenvalue weighted by Gasteiger charge is 1.95. The number of hydrogen-bond acceptors (Lipinski definition) is 0. The fourth-order valence-electron chi connectivity index (χ4n) is 1.96. The number of rotatable bonds is 0. The van der Waals surface area contributed by atoms with Crippen LogP contribution in [-0.2, 0) is 0 Å². The predicted molar refractivity (Wildman–Crippen MR) is 75.1 cm³/mol. The Morgan fingerprint density at radius 2 is 1.00 bits per heavy atom. The molecule has 2 rings (SSSR count). The molecule has 0 radical (unpaired) electrons. The minimum absolute atomic E-state index is 0. The molecule has 0 aliphatic heterocycles. The average molecular weight is 220 g/mol. The number of benzene rings is 1. The van der Waals surface area contributed by atoms with Crippen LogP contribution >= 0.6 is 0 Å². The molecule has 0 spiro atoms. The van der Waals surface area contributed by atoms with E-state index >= 15 is 0 Å². The Bertz CT molecular complexity index is 250. The first-order valence-corrected chi connectivity index (χ1v) is 6.24. The maximum atomic E-state index is 2.16. The minimum atomic E-state index is 0. The van der Waals surface area contributed by atoms with Crippen LogP contribution in [0.15, 0.2) is 18.2 Å². The maximum absolute atomic E-state index is 2.16. The zero-order valence-electron chi connectivity index (χ0n) is 10.5. The number of aryl methyl sites for hydroxylation is 2. The van der Waals surface area contributed by atoms with Crippen LogP contribution in [0.2, 0.25) is 0 Å². The van der Waals surface area contributed by atoms with Crippen molar-refractivity contribution in [3.05, 3.63) is 34.9 Å². The van der Waals surface area contributed by atoms with Gasteiger partial charge in [0.05, 0.1) is 0 Å². The molecule has 16 heavy (non-hydrogen) atoms. The average Bonchev–Trinajstić information content (AvgIpc) is 2.29. The second kappa shape index (κ2) is 8.38. The number of hydrogen-bond donors (Lipinski definition) is 0. The SMILES string of the molecule is C.C1CCCCC1.Cc1cccc(C)c1C. The van der Waals surface area contributed by atoms with Gasteiger partial charge in [-0.3, -0.25) is 0 Å². The minimum Gasteiger partial charge on any atom is -0.0776 e. The van der Waals surface area contributed by atoms with Crippen molar-refractivity contribution in [3.63, 3.8) is 0 Å². The molecule has 0 nitrogen and oxygen atoms in total. The zero-order chi connectivity index (χ0) is 11.1. The monoisotopic (exact) mass is 220 g/mol. The van der Waals surface area contributed by atoms with E-state index in [0.717, 1.165) is 0 Å². The fourth-order valence-corrected chi connectivity index (χ4v) is 1.96. The van der Waals surface area contributed by atoms with Crippen LogP contribution in [0.3, 0.4) is 0 Å². The normalized spacial score (nSPS) is 14.4. The van der Waals surface area contributed by atoms with Gasteiger partial charge in [-0.1, -0.05) is 64.2 Å². The van der Waals surface area contributed by atoms with Gasteiger partial charge in [-0.2, -0.15) is 0 Å². The van der Waals surface area contributed by atoms with Gasteiger partial charge in [0.1, 0.15) is 0 Å². The molecule has 92 valence electrons. The van der Waals surface area contributed by atoms with Crippen molar-refractivity contribution in [2.45, 2.75) is 66.7 Å². The molecule has 0 bridgehead atoms. The summed E-state index contributed by atoms with van der Waals surface area (Å²) in [6, 6.07) is 6.38. The summed E-state index contributed by atoms with van der Waals surface area (Å²) in [6.07, 6.45) is 9.00. The first-order valence-electron chi connectivity index (χ1n) is 6.24. The molecule has 1 aliphatic rings. The van der Waals surface area contributed by atoms with Crippen LogP contribution < -0.4 is 0 Å². The lowest BCUT2D eigenvalue weighted by Gasteiger charge is -2.05. The highest BCUT2D eigenvalue weighted by Crippen LogP contribution is 2.15. The van der Waals surface area contributed by atoms with Gasteiger partial charge in [0.15, 0.2) is 0 Å². The molecule has 0 N–H and O–H groups in total. The summed E-state index contributed by atoms with van der Waals surface area (Å²) >= 11 is 0. The molecule has 1 aliphatic carbocycles. The summed E-state index contributed by atoms with van der Waals surface area (Å²) in [5.74, 6) is 0. The molecule has 0 aromatic heterocycles. The Morgan fingerprint density at radius 3 is 1.25 bits per heavy atom. The molecule has 0 atom stereocenters. The van der Waals surface area contributed by atoms with E-state index in [1.165, 1.54) is 55.2 Å². The van der Waals surface area contributed by atoms with Crippen molar-refractivity contribution in [1.29, 1.82) is 0 Å². The third kappa shape index (κ3) is 5.34.